The minimum Gasteiger partial charge on any atom is -0.451 e. The highest BCUT2D eigenvalue weighted by molar-refractivity contribution is 5.92. The maximum Gasteiger partial charge on any atom is 0.289 e. The van der Waals surface area contributed by atoms with Crippen LogP contribution in [0.1, 0.15) is 21.7 Å². The number of carbonyl (C=O) groups is 1. The molecular formula is C23H23FN2O2. The van der Waals surface area contributed by atoms with Crippen LogP contribution in [-0.4, -0.2) is 41.9 Å². The SMILES string of the molecule is Cc1ccccc1CN1CCN(C(=O)c2ccc(-c3ccccc3F)o2)CC1. The van der Waals surface area contributed by atoms with Gasteiger partial charge in [0.25, 0.3) is 5.91 Å². The summed E-state index contributed by atoms with van der Waals surface area (Å²) in [7, 11) is 0. The van der Waals surface area contributed by atoms with E-state index in [1.54, 1.807) is 35.2 Å². The summed E-state index contributed by atoms with van der Waals surface area (Å²) in [6.07, 6.45) is 0. The van der Waals surface area contributed by atoms with Gasteiger partial charge in [-0.25, -0.2) is 4.39 Å². The summed E-state index contributed by atoms with van der Waals surface area (Å²) in [5.74, 6) is 0.129. The van der Waals surface area contributed by atoms with E-state index < -0.39 is 0 Å². The van der Waals surface area contributed by atoms with Gasteiger partial charge in [-0.15, -0.1) is 0 Å². The maximum absolute atomic E-state index is 13.9. The van der Waals surface area contributed by atoms with Crippen LogP contribution >= 0.6 is 0 Å². The van der Waals surface area contributed by atoms with E-state index in [0.29, 0.717) is 24.4 Å². The summed E-state index contributed by atoms with van der Waals surface area (Å²) in [6, 6.07) is 18.1. The van der Waals surface area contributed by atoms with Crippen molar-refractivity contribution in [3.8, 4) is 11.3 Å². The molecule has 1 aliphatic heterocycles. The minimum absolute atomic E-state index is 0.141. The molecule has 1 saturated heterocycles. The zero-order valence-corrected chi connectivity index (χ0v) is 15.9. The zero-order chi connectivity index (χ0) is 19.5. The average Bonchev–Trinajstić information content (AvgIpc) is 3.20. The molecule has 0 aliphatic carbocycles. The molecule has 0 bridgehead atoms. The van der Waals surface area contributed by atoms with Crippen molar-refractivity contribution in [1.29, 1.82) is 0 Å². The Balaban J connectivity index is 1.38. The zero-order valence-electron chi connectivity index (χ0n) is 15.9. The first-order valence-corrected chi connectivity index (χ1v) is 9.53. The Morgan fingerprint density at radius 2 is 1.68 bits per heavy atom. The third kappa shape index (κ3) is 3.85. The molecule has 1 aromatic heterocycles. The lowest BCUT2D eigenvalue weighted by atomic mass is 10.1. The third-order valence-electron chi connectivity index (χ3n) is 5.27. The summed E-state index contributed by atoms with van der Waals surface area (Å²) < 4.78 is 19.6. The normalized spacial score (nSPS) is 15.0. The van der Waals surface area contributed by atoms with Crippen molar-refractivity contribution in [1.82, 2.24) is 9.80 Å². The van der Waals surface area contributed by atoms with E-state index in [4.69, 9.17) is 4.42 Å². The minimum atomic E-state index is -0.360. The highest BCUT2D eigenvalue weighted by Crippen LogP contribution is 2.25. The molecule has 2 heterocycles. The number of hydrogen-bond acceptors (Lipinski definition) is 3. The van der Waals surface area contributed by atoms with Crippen LogP contribution < -0.4 is 0 Å². The summed E-state index contributed by atoms with van der Waals surface area (Å²) in [5.41, 5.74) is 2.98. The fourth-order valence-electron chi connectivity index (χ4n) is 3.55. The standard InChI is InChI=1S/C23H23FN2O2/c1-17-6-2-3-7-18(17)16-25-12-14-26(15-13-25)23(27)22-11-10-21(28-22)19-8-4-5-9-20(19)24/h2-11H,12-16H2,1H3. The first-order valence-electron chi connectivity index (χ1n) is 9.53. The van der Waals surface area contributed by atoms with Crippen molar-refractivity contribution in [3.63, 3.8) is 0 Å². The van der Waals surface area contributed by atoms with Crippen molar-refractivity contribution in [2.24, 2.45) is 0 Å². The lowest BCUT2D eigenvalue weighted by molar-refractivity contribution is 0.0598. The van der Waals surface area contributed by atoms with Crippen LogP contribution in [-0.2, 0) is 6.54 Å². The lowest BCUT2D eigenvalue weighted by Gasteiger charge is -2.34. The van der Waals surface area contributed by atoms with Crippen LogP contribution in [0.25, 0.3) is 11.3 Å². The number of nitrogens with zero attached hydrogens (tertiary/aromatic N) is 2. The van der Waals surface area contributed by atoms with Crippen LogP contribution in [0, 0.1) is 12.7 Å². The average molecular weight is 378 g/mol. The van der Waals surface area contributed by atoms with E-state index in [9.17, 15) is 9.18 Å². The van der Waals surface area contributed by atoms with E-state index in [2.05, 4.69) is 30.0 Å². The molecule has 0 atom stereocenters. The fourth-order valence-corrected chi connectivity index (χ4v) is 3.55. The summed E-state index contributed by atoms with van der Waals surface area (Å²) >= 11 is 0. The molecule has 2 aromatic carbocycles. The number of aryl methyl sites for hydroxylation is 1. The van der Waals surface area contributed by atoms with Crippen molar-refractivity contribution in [2.75, 3.05) is 26.2 Å². The molecule has 1 fully saturated rings. The van der Waals surface area contributed by atoms with Crippen molar-refractivity contribution in [2.45, 2.75) is 13.5 Å². The predicted octanol–water partition coefficient (Wildman–Crippen LogP) is 4.35. The molecule has 1 aliphatic rings. The van der Waals surface area contributed by atoms with Crippen molar-refractivity contribution < 1.29 is 13.6 Å². The Hall–Kier alpha value is -2.92. The van der Waals surface area contributed by atoms with Gasteiger partial charge in [-0.05, 0) is 42.3 Å². The quantitative estimate of drug-likeness (QED) is 0.677. The van der Waals surface area contributed by atoms with Crippen LogP contribution in [0.4, 0.5) is 4.39 Å². The first kappa shape index (κ1) is 18.4. The van der Waals surface area contributed by atoms with Gasteiger partial charge in [-0.1, -0.05) is 36.4 Å². The summed E-state index contributed by atoms with van der Waals surface area (Å²) in [5, 5.41) is 0. The molecule has 4 nitrogen and oxygen atoms in total. The van der Waals surface area contributed by atoms with Crippen LogP contribution in [0.2, 0.25) is 0 Å². The first-order chi connectivity index (χ1) is 13.6. The number of amides is 1. The van der Waals surface area contributed by atoms with Gasteiger partial charge < -0.3 is 9.32 Å². The fraction of sp³-hybridized carbons (Fsp3) is 0.261. The number of rotatable bonds is 4. The largest absolute Gasteiger partial charge is 0.451 e. The molecule has 0 saturated carbocycles. The molecule has 28 heavy (non-hydrogen) atoms. The third-order valence-corrected chi connectivity index (χ3v) is 5.27. The summed E-state index contributed by atoms with van der Waals surface area (Å²) in [6.45, 7) is 5.97. The van der Waals surface area contributed by atoms with E-state index in [1.807, 2.05) is 6.07 Å². The maximum atomic E-state index is 13.9. The van der Waals surface area contributed by atoms with E-state index in [0.717, 1.165) is 19.6 Å². The van der Waals surface area contributed by atoms with Gasteiger partial charge >= 0.3 is 0 Å². The van der Waals surface area contributed by atoms with Crippen molar-refractivity contribution in [3.05, 3.63) is 83.4 Å². The number of halogens is 1. The molecule has 0 unspecified atom stereocenters. The topological polar surface area (TPSA) is 36.7 Å². The molecule has 4 rings (SSSR count). The van der Waals surface area contributed by atoms with Gasteiger partial charge in [0.2, 0.25) is 0 Å². The van der Waals surface area contributed by atoms with Gasteiger partial charge in [0.15, 0.2) is 5.76 Å². The number of piperazine rings is 1. The molecular weight excluding hydrogens is 355 g/mol. The Labute approximate surface area is 164 Å². The predicted molar refractivity (Wildman–Crippen MR) is 106 cm³/mol. The van der Waals surface area contributed by atoms with E-state index >= 15 is 0 Å². The van der Waals surface area contributed by atoms with Gasteiger partial charge in [0.05, 0.1) is 5.56 Å². The van der Waals surface area contributed by atoms with Gasteiger partial charge in [-0.3, -0.25) is 9.69 Å². The summed E-state index contributed by atoms with van der Waals surface area (Å²) in [4.78, 5) is 16.9. The van der Waals surface area contributed by atoms with Crippen molar-refractivity contribution >= 4 is 5.91 Å². The molecule has 0 spiro atoms. The van der Waals surface area contributed by atoms with Crippen LogP contribution in [0.5, 0.6) is 0 Å². The molecule has 1 amide bonds. The smallest absolute Gasteiger partial charge is 0.289 e. The molecule has 5 heteroatoms. The molecule has 0 N–H and O–H groups in total. The Kier molecular flexibility index (Phi) is 5.26. The highest BCUT2D eigenvalue weighted by Gasteiger charge is 2.25. The number of hydrogen-bond donors (Lipinski definition) is 0. The van der Waals surface area contributed by atoms with Gasteiger partial charge in [0, 0.05) is 32.7 Å². The monoisotopic (exact) mass is 378 g/mol. The lowest BCUT2D eigenvalue weighted by Crippen LogP contribution is -2.48. The second-order valence-electron chi connectivity index (χ2n) is 7.14. The van der Waals surface area contributed by atoms with Gasteiger partial charge in [-0.2, -0.15) is 0 Å². The van der Waals surface area contributed by atoms with E-state index in [1.165, 1.54) is 17.2 Å². The Morgan fingerprint density at radius 1 is 0.964 bits per heavy atom. The van der Waals surface area contributed by atoms with Gasteiger partial charge in [0.1, 0.15) is 11.6 Å². The highest BCUT2D eigenvalue weighted by atomic mass is 19.1. The molecule has 144 valence electrons. The molecule has 0 radical (unpaired) electrons. The second kappa shape index (κ2) is 7.98. The van der Waals surface area contributed by atoms with Crippen LogP contribution in [0.3, 0.4) is 0 Å². The Bertz CT molecular complexity index is 974. The number of furan rings is 1. The number of benzene rings is 2. The number of carbonyl (C=O) groups excluding carboxylic acids is 1. The van der Waals surface area contributed by atoms with E-state index in [-0.39, 0.29) is 17.5 Å². The second-order valence-corrected chi connectivity index (χ2v) is 7.14. The molecule has 3 aromatic rings. The Morgan fingerprint density at radius 3 is 2.43 bits per heavy atom. The van der Waals surface area contributed by atoms with Crippen LogP contribution in [0.15, 0.2) is 65.1 Å².